The van der Waals surface area contributed by atoms with E-state index in [9.17, 15) is 24.0 Å². The van der Waals surface area contributed by atoms with Crippen molar-refractivity contribution in [3.8, 4) is 17.1 Å². The lowest BCUT2D eigenvalue weighted by atomic mass is 10.0. The van der Waals surface area contributed by atoms with E-state index >= 15 is 0 Å². The average molecular weight is 807 g/mol. The highest BCUT2D eigenvalue weighted by molar-refractivity contribution is 7.08. The second-order valence-corrected chi connectivity index (χ2v) is 16.1. The number of nitrogens with one attached hydrogen (secondary N) is 4. The predicted molar refractivity (Wildman–Crippen MR) is 214 cm³/mol. The summed E-state index contributed by atoms with van der Waals surface area (Å²) in [5.41, 5.74) is 6.48. The van der Waals surface area contributed by atoms with E-state index in [1.165, 1.54) is 28.6 Å². The molecular formula is C42H46N8O7S. The molecule has 15 nitrogen and oxygen atoms in total. The lowest BCUT2D eigenvalue weighted by Crippen LogP contribution is -2.59. The van der Waals surface area contributed by atoms with Crippen molar-refractivity contribution in [1.29, 1.82) is 0 Å². The zero-order valence-corrected chi connectivity index (χ0v) is 32.7. The molecule has 1 saturated heterocycles. The van der Waals surface area contributed by atoms with E-state index in [0.717, 1.165) is 50.5 Å². The van der Waals surface area contributed by atoms with Crippen molar-refractivity contribution in [2.45, 2.75) is 100 Å². The van der Waals surface area contributed by atoms with Gasteiger partial charge in [-0.25, -0.2) is 14.8 Å². The normalized spacial score (nSPS) is 25.6. The highest BCUT2D eigenvalue weighted by Crippen LogP contribution is 2.45. The van der Waals surface area contributed by atoms with Crippen molar-refractivity contribution in [2.75, 3.05) is 6.54 Å². The Morgan fingerprint density at radius 2 is 1.72 bits per heavy atom. The van der Waals surface area contributed by atoms with Crippen LogP contribution in [-0.4, -0.2) is 85.9 Å². The zero-order valence-electron chi connectivity index (χ0n) is 31.9. The Balaban J connectivity index is 1.08. The van der Waals surface area contributed by atoms with Gasteiger partial charge in [-0.2, -0.15) is 11.3 Å². The highest BCUT2D eigenvalue weighted by Gasteiger charge is 2.61. The van der Waals surface area contributed by atoms with Gasteiger partial charge in [0.05, 0.1) is 23.1 Å². The van der Waals surface area contributed by atoms with Crippen LogP contribution >= 0.6 is 11.3 Å². The number of ether oxygens (including phenoxy) is 2. The molecule has 5 atom stereocenters. The van der Waals surface area contributed by atoms with Crippen LogP contribution in [0, 0.1) is 5.92 Å². The number of hydrogen-bond acceptors (Lipinski definition) is 11. The summed E-state index contributed by atoms with van der Waals surface area (Å²) in [4.78, 5) is 84.3. The summed E-state index contributed by atoms with van der Waals surface area (Å²) in [7, 11) is 0. The number of pyridine rings is 1. The number of carbonyl (C=O) groups excluding carboxylic acids is 5. The van der Waals surface area contributed by atoms with Crippen LogP contribution in [0.25, 0.3) is 22.3 Å². The molecule has 58 heavy (non-hydrogen) atoms. The van der Waals surface area contributed by atoms with Gasteiger partial charge < -0.3 is 25.0 Å². The Labute approximate surface area is 339 Å². The maximum Gasteiger partial charge on any atom is 0.408 e. The van der Waals surface area contributed by atoms with Crippen LogP contribution in [0.2, 0.25) is 0 Å². The minimum Gasteiger partial charge on any atom is -0.471 e. The monoisotopic (exact) mass is 806 g/mol. The number of para-hydroxylation sites is 2. The Morgan fingerprint density at radius 3 is 2.50 bits per heavy atom. The molecule has 4 aliphatic rings. The van der Waals surface area contributed by atoms with Crippen LogP contribution in [0.5, 0.6) is 5.88 Å². The summed E-state index contributed by atoms with van der Waals surface area (Å²) in [5, 5.41) is 9.71. The van der Waals surface area contributed by atoms with Gasteiger partial charge in [0.1, 0.15) is 35.5 Å². The quantitative estimate of drug-likeness (QED) is 0.146. The van der Waals surface area contributed by atoms with Gasteiger partial charge in [-0.3, -0.25) is 35.0 Å². The number of alkyl carbamates (subject to hydrolysis) is 1. The van der Waals surface area contributed by atoms with E-state index in [4.69, 9.17) is 19.4 Å². The molecule has 8 rings (SSSR count). The summed E-state index contributed by atoms with van der Waals surface area (Å²) in [6.45, 7) is 0.00799. The smallest absolute Gasteiger partial charge is 0.408 e. The first-order valence-corrected chi connectivity index (χ1v) is 20.9. The minimum atomic E-state index is -1.39. The first kappa shape index (κ1) is 38.9. The number of amides is 5. The Bertz CT molecular complexity index is 2180. The van der Waals surface area contributed by atoms with Gasteiger partial charge >= 0.3 is 6.09 Å². The first-order valence-electron chi connectivity index (χ1n) is 20.0. The molecule has 2 aliphatic heterocycles. The fourth-order valence-corrected chi connectivity index (χ4v) is 8.75. The number of thiophene rings is 1. The molecule has 1 aromatic carbocycles. The van der Waals surface area contributed by atoms with E-state index in [1.807, 2.05) is 53.2 Å². The molecule has 0 unspecified atom stereocenters. The fraction of sp³-hybridized carbons (Fsp3) is 0.429. The largest absolute Gasteiger partial charge is 0.471 e. The lowest BCUT2D eigenvalue weighted by Gasteiger charge is -2.30. The maximum absolute atomic E-state index is 14.7. The molecule has 0 radical (unpaired) electrons. The van der Waals surface area contributed by atoms with Gasteiger partial charge in [0.2, 0.25) is 17.7 Å². The molecular weight excluding hydrogens is 761 g/mol. The van der Waals surface area contributed by atoms with Gasteiger partial charge in [-0.15, -0.1) is 0 Å². The molecule has 16 heteroatoms. The van der Waals surface area contributed by atoms with Crippen LogP contribution in [0.15, 0.2) is 77.8 Å². The molecule has 3 fully saturated rings. The summed E-state index contributed by atoms with van der Waals surface area (Å²) >= 11 is 1.51. The van der Waals surface area contributed by atoms with Crippen LogP contribution in [0.3, 0.4) is 0 Å². The van der Waals surface area contributed by atoms with Gasteiger partial charge in [-0.1, -0.05) is 37.1 Å². The van der Waals surface area contributed by atoms with E-state index in [0.29, 0.717) is 29.6 Å². The van der Waals surface area contributed by atoms with Crippen LogP contribution in [0.1, 0.15) is 81.0 Å². The van der Waals surface area contributed by atoms with Crippen LogP contribution in [-0.2, 0) is 19.1 Å². The second-order valence-electron chi connectivity index (χ2n) is 15.4. The molecule has 2 aliphatic carbocycles. The molecule has 0 bridgehead atoms. The topological polar surface area (TPSA) is 194 Å². The Kier molecular flexibility index (Phi) is 11.6. The number of fused-ring (bicyclic) bond motifs is 3. The third-order valence-electron chi connectivity index (χ3n) is 11.3. The third-order valence-corrected chi connectivity index (χ3v) is 12.0. The van der Waals surface area contributed by atoms with Gasteiger partial charge in [0, 0.05) is 35.7 Å². The second kappa shape index (κ2) is 17.3. The molecule has 2 saturated carbocycles. The van der Waals surface area contributed by atoms with Crippen molar-refractivity contribution in [1.82, 2.24) is 41.3 Å². The summed E-state index contributed by atoms with van der Waals surface area (Å²) in [6.07, 6.45) is 12.5. The van der Waals surface area contributed by atoms with Gasteiger partial charge in [-0.05, 0) is 87.1 Å². The Morgan fingerprint density at radius 1 is 0.914 bits per heavy atom. The number of benzene rings is 1. The molecule has 5 amide bonds. The number of nitrogens with zero attached hydrogens (tertiary/aromatic N) is 4. The standard InChI is InChI=1S/C42H46N8O7S/c51-36(26-11-10-19-43-23-26)48-49-40(54)42-22-28(42)12-4-2-1-3-5-17-33(46-41(55)57-29-13-6-7-14-29)39(53)50-24-30(21-34(50)37(52)47-42)56-38-35(27-18-20-58-25-27)44-31-15-8-9-16-32(31)45-38/h4,8-12,15-16,18-20,23,25,28-30,33-34H,1-3,5-7,13-14,17,21-22,24H2,(H,46,55)(H,47,52)(H,48,51)(H,49,54)/b12-4-/t28-,30-,33+,34+,42-/m1/s1. The van der Waals surface area contributed by atoms with E-state index < -0.39 is 53.4 Å². The maximum atomic E-state index is 14.7. The SMILES string of the molecule is O=C(N[C@H]1CCCCC/C=C\[C@@H]2C[C@@]2(C(=O)NNC(=O)c2cccnc2)NC(=O)[C@@H]2C[C@@H](Oc3nc4ccccc4nc3-c3ccsc3)CN2C1=O)OC1CCCC1. The molecule has 302 valence electrons. The lowest BCUT2D eigenvalue weighted by molar-refractivity contribution is -0.141. The minimum absolute atomic E-state index is 0.00799. The number of rotatable bonds is 7. The van der Waals surface area contributed by atoms with Crippen LogP contribution in [0.4, 0.5) is 4.79 Å². The predicted octanol–water partition coefficient (Wildman–Crippen LogP) is 5.00. The van der Waals surface area contributed by atoms with E-state index in [1.54, 1.807) is 12.1 Å². The van der Waals surface area contributed by atoms with Crippen LogP contribution < -0.4 is 26.2 Å². The number of aromatic nitrogens is 3. The first-order chi connectivity index (χ1) is 28.3. The van der Waals surface area contributed by atoms with Crippen molar-refractivity contribution in [3.63, 3.8) is 0 Å². The average Bonchev–Trinajstić information content (AvgIpc) is 3.74. The van der Waals surface area contributed by atoms with Crippen molar-refractivity contribution < 1.29 is 33.4 Å². The van der Waals surface area contributed by atoms with Gasteiger partial charge in [0.15, 0.2) is 0 Å². The van der Waals surface area contributed by atoms with E-state index in [2.05, 4.69) is 26.5 Å². The highest BCUT2D eigenvalue weighted by atomic mass is 32.1. The number of hydrazine groups is 1. The van der Waals surface area contributed by atoms with Gasteiger partial charge in [0.25, 0.3) is 11.8 Å². The summed E-state index contributed by atoms with van der Waals surface area (Å²) in [6, 6.07) is 10.5. The van der Waals surface area contributed by atoms with E-state index in [-0.39, 0.29) is 42.9 Å². The number of carbonyl (C=O) groups is 5. The Hall–Kier alpha value is -5.90. The molecule has 0 spiro atoms. The molecule has 4 aromatic rings. The third kappa shape index (κ3) is 8.66. The van der Waals surface area contributed by atoms with Crippen molar-refractivity contribution >= 4 is 52.1 Å². The molecule has 4 N–H and O–H groups in total. The summed E-state index contributed by atoms with van der Waals surface area (Å²) < 4.78 is 12.3. The fourth-order valence-electron chi connectivity index (χ4n) is 8.10. The van der Waals surface area contributed by atoms with Crippen molar-refractivity contribution in [2.24, 2.45) is 5.92 Å². The number of hydrogen-bond donors (Lipinski definition) is 4. The zero-order chi connectivity index (χ0) is 40.1. The van der Waals surface area contributed by atoms with Crippen molar-refractivity contribution in [3.05, 3.63) is 83.3 Å². The summed E-state index contributed by atoms with van der Waals surface area (Å²) in [5.74, 6) is -2.25. The molecule has 5 heterocycles. The molecule has 3 aromatic heterocycles. The number of allylic oxidation sites excluding steroid dienone is 1.